The van der Waals surface area contributed by atoms with Crippen molar-refractivity contribution in [3.63, 3.8) is 0 Å². The summed E-state index contributed by atoms with van der Waals surface area (Å²) in [5.41, 5.74) is -0.214. The first-order valence-electron chi connectivity index (χ1n) is 8.54. The third-order valence-corrected chi connectivity index (χ3v) is 4.21. The Morgan fingerprint density at radius 3 is 2.44 bits per heavy atom. The maximum Gasteiger partial charge on any atom is 0.274 e. The lowest BCUT2D eigenvalue weighted by Crippen LogP contribution is -2.39. The number of nitrogens with zero attached hydrogens (tertiary/aromatic N) is 3. The molecule has 0 bridgehead atoms. The van der Waals surface area contributed by atoms with E-state index in [1.54, 1.807) is 9.80 Å². The van der Waals surface area contributed by atoms with Crippen molar-refractivity contribution >= 4 is 11.8 Å². The fourth-order valence-electron chi connectivity index (χ4n) is 2.76. The summed E-state index contributed by atoms with van der Waals surface area (Å²) in [5.74, 6) is -0.442. The first kappa shape index (κ1) is 18.6. The number of carbonyl (C=O) groups is 2. The minimum atomic E-state index is -0.375. The molecule has 0 saturated carbocycles. The summed E-state index contributed by atoms with van der Waals surface area (Å²) < 4.78 is 18.3. The van der Waals surface area contributed by atoms with E-state index in [-0.39, 0.29) is 35.5 Å². The minimum absolute atomic E-state index is 0.152. The lowest BCUT2D eigenvalue weighted by Gasteiger charge is -2.22. The van der Waals surface area contributed by atoms with Gasteiger partial charge >= 0.3 is 0 Å². The summed E-state index contributed by atoms with van der Waals surface area (Å²) in [5, 5.41) is 5.99. The van der Waals surface area contributed by atoms with E-state index in [1.165, 1.54) is 36.4 Å². The van der Waals surface area contributed by atoms with Crippen molar-refractivity contribution in [3.05, 3.63) is 58.3 Å². The van der Waals surface area contributed by atoms with Crippen LogP contribution in [-0.4, -0.2) is 64.6 Å². The molecule has 0 unspecified atom stereocenters. The van der Waals surface area contributed by atoms with Gasteiger partial charge in [0, 0.05) is 32.2 Å². The van der Waals surface area contributed by atoms with Crippen molar-refractivity contribution in [3.8, 4) is 5.75 Å². The molecule has 27 heavy (non-hydrogen) atoms. The van der Waals surface area contributed by atoms with Crippen LogP contribution in [0.25, 0.3) is 0 Å². The smallest absolute Gasteiger partial charge is 0.274 e. The number of aromatic amines is 1. The maximum absolute atomic E-state index is 12.9. The van der Waals surface area contributed by atoms with Crippen molar-refractivity contribution in [2.45, 2.75) is 6.42 Å². The summed E-state index contributed by atoms with van der Waals surface area (Å²) in [7, 11) is 0. The number of halogens is 1. The molecule has 1 saturated heterocycles. The highest BCUT2D eigenvalue weighted by Crippen LogP contribution is 2.12. The quantitative estimate of drug-likeness (QED) is 0.848. The Morgan fingerprint density at radius 2 is 1.74 bits per heavy atom. The van der Waals surface area contributed by atoms with E-state index < -0.39 is 0 Å². The maximum atomic E-state index is 12.9. The van der Waals surface area contributed by atoms with E-state index in [9.17, 15) is 18.8 Å². The zero-order valence-electron chi connectivity index (χ0n) is 14.6. The van der Waals surface area contributed by atoms with Gasteiger partial charge in [-0.1, -0.05) is 0 Å². The van der Waals surface area contributed by atoms with Gasteiger partial charge in [-0.2, -0.15) is 5.10 Å². The van der Waals surface area contributed by atoms with Crippen LogP contribution in [0, 0.1) is 5.82 Å². The second-order valence-electron chi connectivity index (χ2n) is 6.08. The lowest BCUT2D eigenvalue weighted by molar-refractivity contribution is -0.133. The van der Waals surface area contributed by atoms with Crippen LogP contribution in [0.2, 0.25) is 0 Å². The zero-order chi connectivity index (χ0) is 19.2. The fraction of sp³-hybridized carbons (Fsp3) is 0.333. The molecule has 0 atom stereocenters. The van der Waals surface area contributed by atoms with Gasteiger partial charge in [-0.3, -0.25) is 14.4 Å². The number of aromatic nitrogens is 2. The number of H-pyrrole nitrogens is 1. The predicted molar refractivity (Wildman–Crippen MR) is 93.9 cm³/mol. The van der Waals surface area contributed by atoms with Gasteiger partial charge in [-0.15, -0.1) is 0 Å². The summed E-state index contributed by atoms with van der Waals surface area (Å²) in [6.07, 6.45) is 0.622. The lowest BCUT2D eigenvalue weighted by atomic mass is 10.3. The van der Waals surface area contributed by atoms with E-state index in [2.05, 4.69) is 10.2 Å². The Bertz CT molecular complexity index is 848. The summed E-state index contributed by atoms with van der Waals surface area (Å²) in [4.78, 5) is 39.1. The third kappa shape index (κ3) is 4.90. The largest absolute Gasteiger partial charge is 0.484 e. The molecule has 9 heteroatoms. The highest BCUT2D eigenvalue weighted by Gasteiger charge is 2.23. The van der Waals surface area contributed by atoms with Gasteiger partial charge in [0.25, 0.3) is 17.4 Å². The fourth-order valence-corrected chi connectivity index (χ4v) is 2.76. The van der Waals surface area contributed by atoms with Crippen LogP contribution in [0.4, 0.5) is 4.39 Å². The molecule has 8 nitrogen and oxygen atoms in total. The molecular weight excluding hydrogens is 355 g/mol. The highest BCUT2D eigenvalue weighted by molar-refractivity contribution is 5.92. The van der Waals surface area contributed by atoms with Crippen molar-refractivity contribution in [1.29, 1.82) is 0 Å². The van der Waals surface area contributed by atoms with Gasteiger partial charge in [-0.05, 0) is 36.8 Å². The topological polar surface area (TPSA) is 95.6 Å². The second-order valence-corrected chi connectivity index (χ2v) is 6.08. The van der Waals surface area contributed by atoms with Crippen LogP contribution in [0.1, 0.15) is 16.9 Å². The molecule has 142 valence electrons. The summed E-state index contributed by atoms with van der Waals surface area (Å²) in [6.45, 7) is 1.58. The molecule has 0 radical (unpaired) electrons. The van der Waals surface area contributed by atoms with Crippen LogP contribution >= 0.6 is 0 Å². The standard InChI is InChI=1S/C18H19FN4O4/c19-13-2-4-14(5-3-13)27-12-17(25)22-8-1-9-23(11-10-22)18(26)15-6-7-16(24)21-20-15/h2-7H,1,8-12H2,(H,21,24). The number of carbonyl (C=O) groups excluding carboxylic acids is 2. The van der Waals surface area contributed by atoms with Gasteiger partial charge < -0.3 is 14.5 Å². The summed E-state index contributed by atoms with van der Waals surface area (Å²) in [6, 6.07) is 8.08. The molecule has 1 N–H and O–H groups in total. The van der Waals surface area contributed by atoms with Crippen LogP contribution in [-0.2, 0) is 4.79 Å². The molecule has 2 amide bonds. The molecular formula is C18H19FN4O4. The molecule has 1 aromatic heterocycles. The first-order valence-corrected chi connectivity index (χ1v) is 8.54. The zero-order valence-corrected chi connectivity index (χ0v) is 14.6. The Balaban J connectivity index is 1.53. The first-order chi connectivity index (χ1) is 13.0. The molecule has 1 aliphatic rings. The van der Waals surface area contributed by atoms with Gasteiger partial charge in [-0.25, -0.2) is 9.49 Å². The van der Waals surface area contributed by atoms with E-state index in [0.717, 1.165) is 0 Å². The molecule has 1 fully saturated rings. The monoisotopic (exact) mass is 374 g/mol. The van der Waals surface area contributed by atoms with Gasteiger partial charge in [0.05, 0.1) is 0 Å². The average Bonchev–Trinajstić information content (AvgIpc) is 2.94. The van der Waals surface area contributed by atoms with Gasteiger partial charge in [0.1, 0.15) is 17.3 Å². The van der Waals surface area contributed by atoms with Crippen LogP contribution in [0.3, 0.4) is 0 Å². The minimum Gasteiger partial charge on any atom is -0.484 e. The molecule has 0 aliphatic carbocycles. The summed E-state index contributed by atoms with van der Waals surface area (Å²) >= 11 is 0. The molecule has 2 heterocycles. The van der Waals surface area contributed by atoms with Crippen LogP contribution in [0.5, 0.6) is 5.75 Å². The Kier molecular flexibility index (Phi) is 5.80. The molecule has 1 aromatic carbocycles. The molecule has 0 spiro atoms. The van der Waals surface area contributed by atoms with Crippen LogP contribution < -0.4 is 10.3 Å². The number of nitrogens with one attached hydrogen (secondary N) is 1. The normalized spacial score (nSPS) is 14.6. The molecule has 2 aromatic rings. The SMILES string of the molecule is O=C(COc1ccc(F)cc1)N1CCCN(C(=O)c2ccc(=O)[nH]n2)CC1. The third-order valence-electron chi connectivity index (χ3n) is 4.21. The number of amides is 2. The van der Waals surface area contributed by atoms with Crippen LogP contribution in [0.15, 0.2) is 41.2 Å². The van der Waals surface area contributed by atoms with E-state index in [0.29, 0.717) is 38.3 Å². The number of hydrogen-bond acceptors (Lipinski definition) is 5. The Morgan fingerprint density at radius 1 is 1.04 bits per heavy atom. The molecule has 1 aliphatic heterocycles. The predicted octanol–water partition coefficient (Wildman–Crippen LogP) is 0.662. The van der Waals surface area contributed by atoms with Crippen molar-refractivity contribution in [2.75, 3.05) is 32.8 Å². The van der Waals surface area contributed by atoms with Crippen molar-refractivity contribution in [2.24, 2.45) is 0 Å². The Labute approximate surface area is 154 Å². The second kappa shape index (κ2) is 8.43. The number of benzene rings is 1. The van der Waals surface area contributed by atoms with Crippen molar-refractivity contribution in [1.82, 2.24) is 20.0 Å². The molecule has 3 rings (SSSR count). The van der Waals surface area contributed by atoms with E-state index in [1.807, 2.05) is 0 Å². The van der Waals surface area contributed by atoms with E-state index >= 15 is 0 Å². The van der Waals surface area contributed by atoms with Gasteiger partial charge in [0.15, 0.2) is 6.61 Å². The van der Waals surface area contributed by atoms with Crippen molar-refractivity contribution < 1.29 is 18.7 Å². The average molecular weight is 374 g/mol. The van der Waals surface area contributed by atoms with E-state index in [4.69, 9.17) is 4.74 Å². The Hall–Kier alpha value is -3.23. The number of ether oxygens (including phenoxy) is 1. The number of rotatable bonds is 4. The van der Waals surface area contributed by atoms with Gasteiger partial charge in [0.2, 0.25) is 0 Å². The number of hydrogen-bond donors (Lipinski definition) is 1. The highest BCUT2D eigenvalue weighted by atomic mass is 19.1.